The minimum atomic E-state index is -0.511. The Kier molecular flexibility index (Phi) is 5.97. The van der Waals surface area contributed by atoms with Crippen LogP contribution in [0, 0.1) is 13.8 Å². The summed E-state index contributed by atoms with van der Waals surface area (Å²) in [4.78, 5) is 49.3. The zero-order valence-corrected chi connectivity index (χ0v) is 18.9. The number of ether oxygens (including phenoxy) is 1. The molecule has 1 aromatic carbocycles. The van der Waals surface area contributed by atoms with E-state index in [0.29, 0.717) is 27.4 Å². The predicted molar refractivity (Wildman–Crippen MR) is 124 cm³/mol. The second-order valence-electron chi connectivity index (χ2n) is 7.21. The molecule has 0 bridgehead atoms. The summed E-state index contributed by atoms with van der Waals surface area (Å²) in [6, 6.07) is 7.46. The lowest BCUT2D eigenvalue weighted by Crippen LogP contribution is -2.21. The molecule has 2 N–H and O–H groups in total. The lowest BCUT2D eigenvalue weighted by Gasteiger charge is -2.10. The molecule has 9 heteroatoms. The Hall–Kier alpha value is -2.91. The van der Waals surface area contributed by atoms with Gasteiger partial charge in [0.2, 0.25) is 5.78 Å². The first-order chi connectivity index (χ1) is 14.8. The van der Waals surface area contributed by atoms with Gasteiger partial charge >= 0.3 is 5.97 Å². The molecule has 0 aliphatic heterocycles. The van der Waals surface area contributed by atoms with Crippen molar-refractivity contribution in [2.75, 3.05) is 6.61 Å². The number of carbonyl (C=O) groups excluding carboxylic acids is 2. The second kappa shape index (κ2) is 8.68. The van der Waals surface area contributed by atoms with Crippen molar-refractivity contribution >= 4 is 56.0 Å². The molecule has 31 heavy (non-hydrogen) atoms. The number of carbonyl (C=O) groups is 2. The first kappa shape index (κ1) is 21.3. The molecule has 0 aliphatic carbocycles. The van der Waals surface area contributed by atoms with Gasteiger partial charge in [0.15, 0.2) is 6.61 Å². The summed E-state index contributed by atoms with van der Waals surface area (Å²) in [5.74, 6) is 0.124. The molecule has 160 valence electrons. The largest absolute Gasteiger partial charge is 0.456 e. The fourth-order valence-electron chi connectivity index (χ4n) is 3.27. The first-order valence-corrected chi connectivity index (χ1v) is 11.6. The molecule has 3 heterocycles. The Morgan fingerprint density at radius 3 is 2.84 bits per heavy atom. The lowest BCUT2D eigenvalue weighted by atomic mass is 10.1. The molecule has 4 aromatic rings. The average molecular weight is 456 g/mol. The van der Waals surface area contributed by atoms with E-state index < -0.39 is 11.2 Å². The maximum atomic E-state index is 12.5. The van der Waals surface area contributed by atoms with Crippen LogP contribution in [0.2, 0.25) is 0 Å². The third-order valence-corrected chi connectivity index (χ3v) is 7.36. The number of rotatable bonds is 7. The highest BCUT2D eigenvalue weighted by atomic mass is 32.2. The molecule has 0 aliphatic rings. The number of ketones is 1. The van der Waals surface area contributed by atoms with Gasteiger partial charge in [0.05, 0.1) is 11.1 Å². The number of thioether (sulfide) groups is 1. The van der Waals surface area contributed by atoms with Gasteiger partial charge < -0.3 is 14.7 Å². The van der Waals surface area contributed by atoms with Crippen molar-refractivity contribution in [3.63, 3.8) is 0 Å². The Labute approximate surface area is 186 Å². The van der Waals surface area contributed by atoms with Crippen molar-refractivity contribution in [1.82, 2.24) is 15.0 Å². The number of nitrogens with one attached hydrogen (secondary N) is 2. The number of aromatic nitrogens is 3. The van der Waals surface area contributed by atoms with Crippen LogP contribution in [0.5, 0.6) is 0 Å². The van der Waals surface area contributed by atoms with Gasteiger partial charge in [-0.1, -0.05) is 18.2 Å². The van der Waals surface area contributed by atoms with Gasteiger partial charge in [-0.15, -0.1) is 23.1 Å². The van der Waals surface area contributed by atoms with E-state index in [2.05, 4.69) is 15.0 Å². The number of fused-ring (bicyclic) bond motifs is 2. The highest BCUT2D eigenvalue weighted by Gasteiger charge is 2.20. The van der Waals surface area contributed by atoms with Gasteiger partial charge in [-0.25, -0.2) is 4.98 Å². The van der Waals surface area contributed by atoms with Crippen LogP contribution in [0.15, 0.2) is 35.3 Å². The standard InChI is InChI=1S/C22H21N3O4S2/c1-11-12(2)31-21-19(11)20(27)24-18(25-21)10-30-13(3)22(28)29-9-17(26)15-8-23-16-7-5-4-6-14(15)16/h4-8,13,23H,9-10H2,1-3H3,(H,24,25,27). The number of H-pyrrole nitrogens is 2. The highest BCUT2D eigenvalue weighted by Crippen LogP contribution is 2.26. The van der Waals surface area contributed by atoms with Gasteiger partial charge in [0.25, 0.3) is 5.56 Å². The highest BCUT2D eigenvalue weighted by molar-refractivity contribution is 7.99. The van der Waals surface area contributed by atoms with Crippen LogP contribution in [-0.4, -0.2) is 38.6 Å². The van der Waals surface area contributed by atoms with E-state index in [9.17, 15) is 14.4 Å². The van der Waals surface area contributed by atoms with E-state index in [4.69, 9.17) is 4.74 Å². The number of thiophene rings is 1. The van der Waals surface area contributed by atoms with Gasteiger partial charge in [-0.2, -0.15) is 0 Å². The number of hydrogen-bond donors (Lipinski definition) is 2. The van der Waals surface area contributed by atoms with E-state index in [-0.39, 0.29) is 17.9 Å². The number of aryl methyl sites for hydroxylation is 2. The fourth-order valence-corrected chi connectivity index (χ4v) is 5.07. The Balaban J connectivity index is 1.35. The summed E-state index contributed by atoms with van der Waals surface area (Å²) in [7, 11) is 0. The number of aromatic amines is 2. The molecule has 0 saturated heterocycles. The maximum absolute atomic E-state index is 12.5. The summed E-state index contributed by atoms with van der Waals surface area (Å²) in [5, 5.41) is 0.915. The third kappa shape index (κ3) is 4.28. The van der Waals surface area contributed by atoms with Crippen LogP contribution in [0.4, 0.5) is 0 Å². The molecule has 3 aromatic heterocycles. The van der Waals surface area contributed by atoms with Crippen molar-refractivity contribution in [2.24, 2.45) is 0 Å². The predicted octanol–water partition coefficient (Wildman–Crippen LogP) is 4.13. The van der Waals surface area contributed by atoms with Crippen molar-refractivity contribution in [3.05, 3.63) is 62.6 Å². The van der Waals surface area contributed by atoms with E-state index in [1.165, 1.54) is 23.1 Å². The Bertz CT molecular complexity index is 1350. The number of para-hydroxylation sites is 1. The van der Waals surface area contributed by atoms with Gasteiger partial charge in [0.1, 0.15) is 15.9 Å². The molecule has 0 saturated carbocycles. The monoisotopic (exact) mass is 455 g/mol. The van der Waals surface area contributed by atoms with Crippen molar-refractivity contribution in [3.8, 4) is 0 Å². The summed E-state index contributed by atoms with van der Waals surface area (Å²) >= 11 is 2.78. The van der Waals surface area contributed by atoms with Crippen molar-refractivity contribution in [1.29, 1.82) is 0 Å². The molecule has 0 amide bonds. The zero-order valence-electron chi connectivity index (χ0n) is 17.3. The van der Waals surface area contributed by atoms with Gasteiger partial charge in [-0.05, 0) is 32.4 Å². The summed E-state index contributed by atoms with van der Waals surface area (Å²) in [5.41, 5.74) is 2.14. The molecule has 0 fully saturated rings. The minimum Gasteiger partial charge on any atom is -0.456 e. The minimum absolute atomic E-state index is 0.165. The normalized spacial score (nSPS) is 12.4. The fraction of sp³-hybridized carbons (Fsp3) is 0.273. The van der Waals surface area contributed by atoms with Crippen molar-refractivity contribution in [2.45, 2.75) is 31.8 Å². The lowest BCUT2D eigenvalue weighted by molar-refractivity contribution is -0.141. The molecule has 1 unspecified atom stereocenters. The molecule has 7 nitrogen and oxygen atoms in total. The maximum Gasteiger partial charge on any atom is 0.319 e. The third-order valence-electron chi connectivity index (χ3n) is 5.13. The molecular weight excluding hydrogens is 434 g/mol. The summed E-state index contributed by atoms with van der Waals surface area (Å²) in [6.07, 6.45) is 1.63. The van der Waals surface area contributed by atoms with Crippen LogP contribution in [0.3, 0.4) is 0 Å². The van der Waals surface area contributed by atoms with E-state index in [1.807, 2.05) is 38.1 Å². The molecule has 0 radical (unpaired) electrons. The van der Waals surface area contributed by atoms with Crippen LogP contribution < -0.4 is 5.56 Å². The SMILES string of the molecule is Cc1sc2nc(CSC(C)C(=O)OCC(=O)c3c[nH]c4ccccc34)[nH]c(=O)c2c1C. The quantitative estimate of drug-likeness (QED) is 0.321. The average Bonchev–Trinajstić information content (AvgIpc) is 3.31. The Morgan fingerprint density at radius 1 is 1.26 bits per heavy atom. The summed E-state index contributed by atoms with van der Waals surface area (Å²) < 4.78 is 5.23. The molecule has 1 atom stereocenters. The number of benzene rings is 1. The number of hydrogen-bond acceptors (Lipinski definition) is 7. The number of Topliss-reactive ketones (excluding diaryl/α,β-unsaturated/α-hetero) is 1. The smallest absolute Gasteiger partial charge is 0.319 e. The van der Waals surface area contributed by atoms with Crippen LogP contribution >= 0.6 is 23.1 Å². The number of nitrogens with zero attached hydrogens (tertiary/aromatic N) is 1. The van der Waals surface area contributed by atoms with E-state index in [0.717, 1.165) is 21.3 Å². The Morgan fingerprint density at radius 2 is 2.03 bits per heavy atom. The molecule has 4 rings (SSSR count). The topological polar surface area (TPSA) is 105 Å². The van der Waals surface area contributed by atoms with E-state index >= 15 is 0 Å². The van der Waals surface area contributed by atoms with Gasteiger partial charge in [-0.3, -0.25) is 14.4 Å². The first-order valence-electron chi connectivity index (χ1n) is 9.71. The van der Waals surface area contributed by atoms with Gasteiger partial charge in [0, 0.05) is 27.5 Å². The summed E-state index contributed by atoms with van der Waals surface area (Å²) in [6.45, 7) is 5.26. The number of esters is 1. The molecular formula is C22H21N3O4S2. The zero-order chi connectivity index (χ0) is 22.1. The van der Waals surface area contributed by atoms with Crippen LogP contribution in [0.25, 0.3) is 21.1 Å². The second-order valence-corrected chi connectivity index (χ2v) is 9.74. The van der Waals surface area contributed by atoms with Crippen LogP contribution in [0.1, 0.15) is 33.5 Å². The van der Waals surface area contributed by atoms with Crippen molar-refractivity contribution < 1.29 is 14.3 Å². The molecule has 0 spiro atoms. The van der Waals surface area contributed by atoms with Crippen LogP contribution in [-0.2, 0) is 15.3 Å². The van der Waals surface area contributed by atoms with E-state index in [1.54, 1.807) is 13.1 Å².